The van der Waals surface area contributed by atoms with Gasteiger partial charge in [-0.15, -0.1) is 0 Å². The van der Waals surface area contributed by atoms with Gasteiger partial charge in [0.2, 0.25) is 0 Å². The van der Waals surface area contributed by atoms with E-state index in [2.05, 4.69) is 9.47 Å². The highest BCUT2D eigenvalue weighted by Crippen LogP contribution is 2.11. The maximum absolute atomic E-state index is 10.8. The lowest BCUT2D eigenvalue weighted by atomic mass is 10.0. The Kier molecular flexibility index (Phi) is 5.93. The number of esters is 2. The Bertz CT molecular complexity index is 176. The molecule has 0 saturated carbocycles. The van der Waals surface area contributed by atoms with Crippen LogP contribution in [0.15, 0.2) is 0 Å². The topological polar surface area (TPSA) is 52.6 Å². The quantitative estimate of drug-likeness (QED) is 0.607. The van der Waals surface area contributed by atoms with Crippen molar-refractivity contribution in [3.63, 3.8) is 0 Å². The van der Waals surface area contributed by atoms with Gasteiger partial charge in [-0.2, -0.15) is 0 Å². The van der Waals surface area contributed by atoms with Crippen LogP contribution < -0.4 is 0 Å². The summed E-state index contributed by atoms with van der Waals surface area (Å²) in [6.07, 6.45) is 1.37. The zero-order valence-corrected chi connectivity index (χ0v) is 8.33. The predicted octanol–water partition coefficient (Wildman–Crippen LogP) is 1.14. The first-order chi connectivity index (χ1) is 6.10. The van der Waals surface area contributed by atoms with Crippen LogP contribution in [0.1, 0.15) is 26.2 Å². The van der Waals surface area contributed by atoms with Crippen LogP contribution in [-0.4, -0.2) is 26.2 Å². The molecule has 0 rings (SSSR count). The van der Waals surface area contributed by atoms with Crippen molar-refractivity contribution in [1.82, 2.24) is 0 Å². The summed E-state index contributed by atoms with van der Waals surface area (Å²) in [4.78, 5) is 21.5. The molecule has 4 nitrogen and oxygen atoms in total. The van der Waals surface area contributed by atoms with Gasteiger partial charge in [0.1, 0.15) is 0 Å². The molecule has 0 radical (unpaired) electrons. The fourth-order valence-corrected chi connectivity index (χ4v) is 0.936. The van der Waals surface area contributed by atoms with Crippen molar-refractivity contribution in [3.8, 4) is 0 Å². The summed E-state index contributed by atoms with van der Waals surface area (Å²) in [5.41, 5.74) is 0. The van der Waals surface area contributed by atoms with E-state index in [9.17, 15) is 9.59 Å². The molecule has 0 unspecified atom stereocenters. The molecule has 0 aliphatic rings. The van der Waals surface area contributed by atoms with Crippen LogP contribution >= 0.6 is 0 Å². The third-order valence-electron chi connectivity index (χ3n) is 1.81. The number of methoxy groups -OCH3 is 2. The monoisotopic (exact) mass is 188 g/mol. The standard InChI is InChI=1S/C9H16O4/c1-7(6-9(11)13-3)4-5-8(10)12-2/h7H,4-6H2,1-3H3/t7-/m1/s1. The van der Waals surface area contributed by atoms with Crippen LogP contribution in [0.2, 0.25) is 0 Å². The minimum Gasteiger partial charge on any atom is -0.469 e. The van der Waals surface area contributed by atoms with Gasteiger partial charge in [0.15, 0.2) is 0 Å². The summed E-state index contributed by atoms with van der Waals surface area (Å²) >= 11 is 0. The van der Waals surface area contributed by atoms with Gasteiger partial charge in [-0.05, 0) is 12.3 Å². The number of ether oxygens (including phenoxy) is 2. The molecular formula is C9H16O4. The van der Waals surface area contributed by atoms with Crippen molar-refractivity contribution < 1.29 is 19.1 Å². The van der Waals surface area contributed by atoms with Crippen LogP contribution in [-0.2, 0) is 19.1 Å². The van der Waals surface area contributed by atoms with Gasteiger partial charge in [0.25, 0.3) is 0 Å². The Morgan fingerprint density at radius 3 is 2.15 bits per heavy atom. The molecule has 0 fully saturated rings. The van der Waals surface area contributed by atoms with Gasteiger partial charge in [-0.25, -0.2) is 0 Å². The molecule has 0 bridgehead atoms. The third-order valence-corrected chi connectivity index (χ3v) is 1.81. The molecule has 0 aromatic carbocycles. The highest BCUT2D eigenvalue weighted by Gasteiger charge is 2.11. The molecule has 0 aromatic rings. The first-order valence-corrected chi connectivity index (χ1v) is 4.23. The summed E-state index contributed by atoms with van der Waals surface area (Å²) in [7, 11) is 2.71. The summed E-state index contributed by atoms with van der Waals surface area (Å²) < 4.78 is 8.98. The van der Waals surface area contributed by atoms with Gasteiger partial charge >= 0.3 is 11.9 Å². The third kappa shape index (κ3) is 6.13. The number of hydrogen-bond donors (Lipinski definition) is 0. The van der Waals surface area contributed by atoms with Crippen molar-refractivity contribution in [3.05, 3.63) is 0 Å². The lowest BCUT2D eigenvalue weighted by Gasteiger charge is -2.08. The van der Waals surface area contributed by atoms with Gasteiger partial charge in [-0.3, -0.25) is 9.59 Å². The fraction of sp³-hybridized carbons (Fsp3) is 0.778. The smallest absolute Gasteiger partial charge is 0.305 e. The minimum absolute atomic E-state index is 0.159. The average Bonchev–Trinajstić information content (AvgIpc) is 2.13. The van der Waals surface area contributed by atoms with Gasteiger partial charge in [0.05, 0.1) is 14.2 Å². The van der Waals surface area contributed by atoms with Gasteiger partial charge in [-0.1, -0.05) is 6.92 Å². The van der Waals surface area contributed by atoms with Crippen molar-refractivity contribution in [2.45, 2.75) is 26.2 Å². The van der Waals surface area contributed by atoms with Crippen molar-refractivity contribution in [1.29, 1.82) is 0 Å². The summed E-state index contributed by atoms with van der Waals surface area (Å²) in [6, 6.07) is 0. The maximum atomic E-state index is 10.8. The maximum Gasteiger partial charge on any atom is 0.305 e. The van der Waals surface area contributed by atoms with Crippen LogP contribution in [0.4, 0.5) is 0 Å². The molecule has 0 aliphatic carbocycles. The Morgan fingerprint density at radius 1 is 1.15 bits per heavy atom. The van der Waals surface area contributed by atoms with E-state index >= 15 is 0 Å². The normalized spacial score (nSPS) is 11.9. The summed E-state index contributed by atoms with van der Waals surface area (Å²) in [5.74, 6) is -0.319. The first kappa shape index (κ1) is 11.9. The van der Waals surface area contributed by atoms with Gasteiger partial charge in [0, 0.05) is 12.8 Å². The van der Waals surface area contributed by atoms with Crippen LogP contribution in [0.3, 0.4) is 0 Å². The molecule has 0 N–H and O–H groups in total. The molecule has 0 amide bonds. The number of hydrogen-bond acceptors (Lipinski definition) is 4. The zero-order chi connectivity index (χ0) is 10.3. The zero-order valence-electron chi connectivity index (χ0n) is 8.33. The van der Waals surface area contributed by atoms with Crippen LogP contribution in [0, 0.1) is 5.92 Å². The summed E-state index contributed by atoms with van der Waals surface area (Å²) in [6.45, 7) is 1.90. The van der Waals surface area contributed by atoms with E-state index in [0.717, 1.165) is 0 Å². The Morgan fingerprint density at radius 2 is 1.69 bits per heavy atom. The van der Waals surface area contributed by atoms with E-state index in [1.807, 2.05) is 6.92 Å². The Labute approximate surface area is 78.2 Å². The van der Waals surface area contributed by atoms with Crippen LogP contribution in [0.5, 0.6) is 0 Å². The van der Waals surface area contributed by atoms with Crippen molar-refractivity contribution in [2.75, 3.05) is 14.2 Å². The molecule has 13 heavy (non-hydrogen) atoms. The van der Waals surface area contributed by atoms with Gasteiger partial charge < -0.3 is 9.47 Å². The highest BCUT2D eigenvalue weighted by molar-refractivity contribution is 5.70. The van der Waals surface area contributed by atoms with E-state index in [-0.39, 0.29) is 17.9 Å². The van der Waals surface area contributed by atoms with Crippen molar-refractivity contribution >= 4 is 11.9 Å². The second-order valence-corrected chi connectivity index (χ2v) is 3.00. The average molecular weight is 188 g/mol. The van der Waals surface area contributed by atoms with E-state index in [0.29, 0.717) is 19.3 Å². The number of carbonyl (C=O) groups is 2. The molecule has 0 spiro atoms. The van der Waals surface area contributed by atoms with E-state index in [4.69, 9.17) is 0 Å². The predicted molar refractivity (Wildman–Crippen MR) is 47.0 cm³/mol. The fourth-order valence-electron chi connectivity index (χ4n) is 0.936. The molecule has 76 valence electrons. The lowest BCUT2D eigenvalue weighted by molar-refractivity contribution is -0.143. The number of rotatable bonds is 5. The van der Waals surface area contributed by atoms with E-state index < -0.39 is 0 Å². The largest absolute Gasteiger partial charge is 0.469 e. The lowest BCUT2D eigenvalue weighted by Crippen LogP contribution is -2.09. The second-order valence-electron chi connectivity index (χ2n) is 3.00. The van der Waals surface area contributed by atoms with E-state index in [1.54, 1.807) is 0 Å². The minimum atomic E-state index is -0.239. The first-order valence-electron chi connectivity index (χ1n) is 4.23. The Hall–Kier alpha value is -1.06. The molecule has 0 saturated heterocycles. The SMILES string of the molecule is COC(=O)CC[C@@H](C)CC(=O)OC. The van der Waals surface area contributed by atoms with Crippen LogP contribution in [0.25, 0.3) is 0 Å². The molecule has 1 atom stereocenters. The highest BCUT2D eigenvalue weighted by atomic mass is 16.5. The van der Waals surface area contributed by atoms with E-state index in [1.165, 1.54) is 14.2 Å². The molecule has 0 heterocycles. The molecule has 4 heteroatoms. The second kappa shape index (κ2) is 6.46. The number of carbonyl (C=O) groups excluding carboxylic acids is 2. The molecular weight excluding hydrogens is 172 g/mol. The molecule has 0 aliphatic heterocycles. The Balaban J connectivity index is 3.56. The summed E-state index contributed by atoms with van der Waals surface area (Å²) in [5, 5.41) is 0. The van der Waals surface area contributed by atoms with Crippen molar-refractivity contribution in [2.24, 2.45) is 5.92 Å². The molecule has 0 aromatic heterocycles.